The van der Waals surface area contributed by atoms with Gasteiger partial charge in [-0.1, -0.05) is 0 Å². The standard InChI is InChI=1S/C10H16N6O2/c1-2-18-10(17)16-5-3-15(4-6-16)9-13-7-12-8(11)14-9/h7H,2-6H2,1H3,(H2,11,12,13,14). The average Bonchev–Trinajstić information content (AvgIpc) is 2.39. The third-order valence-electron chi connectivity index (χ3n) is 2.67. The van der Waals surface area contributed by atoms with Crippen molar-refractivity contribution in [2.24, 2.45) is 0 Å². The minimum atomic E-state index is -0.271. The number of nitrogens with two attached hydrogens (primary N) is 1. The average molecular weight is 252 g/mol. The predicted molar refractivity (Wildman–Crippen MR) is 65.0 cm³/mol. The summed E-state index contributed by atoms with van der Waals surface area (Å²) in [6, 6.07) is 0. The highest BCUT2D eigenvalue weighted by Gasteiger charge is 2.23. The number of nitrogens with zero attached hydrogens (tertiary/aromatic N) is 5. The third-order valence-corrected chi connectivity index (χ3v) is 2.67. The number of carbonyl (C=O) groups is 1. The van der Waals surface area contributed by atoms with Gasteiger partial charge in [-0.15, -0.1) is 0 Å². The first-order chi connectivity index (χ1) is 8.70. The van der Waals surface area contributed by atoms with E-state index in [0.717, 1.165) is 0 Å². The maximum Gasteiger partial charge on any atom is 0.409 e. The molecule has 0 bridgehead atoms. The van der Waals surface area contributed by atoms with Gasteiger partial charge in [-0.05, 0) is 6.92 Å². The van der Waals surface area contributed by atoms with Crippen molar-refractivity contribution in [3.63, 3.8) is 0 Å². The van der Waals surface area contributed by atoms with Crippen LogP contribution >= 0.6 is 0 Å². The number of rotatable bonds is 2. The van der Waals surface area contributed by atoms with Gasteiger partial charge in [0.05, 0.1) is 6.61 Å². The van der Waals surface area contributed by atoms with E-state index in [1.165, 1.54) is 6.33 Å². The van der Waals surface area contributed by atoms with E-state index in [1.807, 2.05) is 4.90 Å². The molecule has 0 unspecified atom stereocenters. The van der Waals surface area contributed by atoms with Gasteiger partial charge in [0.2, 0.25) is 11.9 Å². The molecule has 98 valence electrons. The van der Waals surface area contributed by atoms with Crippen LogP contribution in [0.4, 0.5) is 16.7 Å². The second-order valence-electron chi connectivity index (χ2n) is 3.82. The molecular formula is C10H16N6O2. The van der Waals surface area contributed by atoms with E-state index in [0.29, 0.717) is 38.7 Å². The molecule has 8 heteroatoms. The maximum absolute atomic E-state index is 11.5. The van der Waals surface area contributed by atoms with Crippen molar-refractivity contribution in [2.45, 2.75) is 6.92 Å². The van der Waals surface area contributed by atoms with Crippen molar-refractivity contribution in [3.8, 4) is 0 Å². The molecular weight excluding hydrogens is 236 g/mol. The third kappa shape index (κ3) is 2.76. The van der Waals surface area contributed by atoms with Crippen LogP contribution < -0.4 is 10.6 Å². The van der Waals surface area contributed by atoms with Crippen LogP contribution in [0, 0.1) is 0 Å². The van der Waals surface area contributed by atoms with Crippen LogP contribution in [0.5, 0.6) is 0 Å². The summed E-state index contributed by atoms with van der Waals surface area (Å²) in [5, 5.41) is 0. The van der Waals surface area contributed by atoms with E-state index < -0.39 is 0 Å². The fraction of sp³-hybridized carbons (Fsp3) is 0.600. The number of ether oxygens (including phenoxy) is 1. The van der Waals surface area contributed by atoms with Gasteiger partial charge >= 0.3 is 6.09 Å². The second kappa shape index (κ2) is 5.48. The number of hydrogen-bond acceptors (Lipinski definition) is 7. The van der Waals surface area contributed by atoms with E-state index in [-0.39, 0.29) is 12.0 Å². The summed E-state index contributed by atoms with van der Waals surface area (Å²) in [6.45, 7) is 4.67. The minimum absolute atomic E-state index is 0.202. The Kier molecular flexibility index (Phi) is 3.75. The fourth-order valence-electron chi connectivity index (χ4n) is 1.76. The highest BCUT2D eigenvalue weighted by Crippen LogP contribution is 2.11. The minimum Gasteiger partial charge on any atom is -0.450 e. The zero-order chi connectivity index (χ0) is 13.0. The van der Waals surface area contributed by atoms with E-state index in [4.69, 9.17) is 10.5 Å². The van der Waals surface area contributed by atoms with Gasteiger partial charge in [0.15, 0.2) is 0 Å². The Labute approximate surface area is 105 Å². The van der Waals surface area contributed by atoms with Gasteiger partial charge < -0.3 is 20.3 Å². The first-order valence-electron chi connectivity index (χ1n) is 5.82. The molecule has 1 aliphatic heterocycles. The maximum atomic E-state index is 11.5. The lowest BCUT2D eigenvalue weighted by atomic mass is 10.3. The molecule has 1 aliphatic rings. The molecule has 2 rings (SSSR count). The Morgan fingerprint density at radius 1 is 1.39 bits per heavy atom. The van der Waals surface area contributed by atoms with Crippen molar-refractivity contribution >= 4 is 18.0 Å². The molecule has 0 aliphatic carbocycles. The number of hydrogen-bond donors (Lipinski definition) is 1. The number of aromatic nitrogens is 3. The molecule has 1 saturated heterocycles. The molecule has 1 amide bonds. The van der Waals surface area contributed by atoms with Crippen LogP contribution in [0.2, 0.25) is 0 Å². The van der Waals surface area contributed by atoms with Crippen LogP contribution in [0.1, 0.15) is 6.92 Å². The molecule has 1 aromatic rings. The molecule has 1 fully saturated rings. The van der Waals surface area contributed by atoms with Gasteiger partial charge in [-0.3, -0.25) is 0 Å². The molecule has 8 nitrogen and oxygen atoms in total. The molecule has 2 heterocycles. The van der Waals surface area contributed by atoms with Gasteiger partial charge in [0.25, 0.3) is 0 Å². The Morgan fingerprint density at radius 3 is 2.72 bits per heavy atom. The molecule has 0 spiro atoms. The first-order valence-corrected chi connectivity index (χ1v) is 5.82. The molecule has 0 radical (unpaired) electrons. The first kappa shape index (κ1) is 12.3. The predicted octanol–water partition coefficient (Wildman–Crippen LogP) is -0.268. The summed E-state index contributed by atoms with van der Waals surface area (Å²) in [6.07, 6.45) is 1.11. The number of anilines is 2. The molecule has 2 N–H and O–H groups in total. The normalized spacial score (nSPS) is 15.6. The number of nitrogen functional groups attached to an aromatic ring is 1. The van der Waals surface area contributed by atoms with Crippen molar-refractivity contribution < 1.29 is 9.53 Å². The number of carbonyl (C=O) groups excluding carboxylic acids is 1. The zero-order valence-electron chi connectivity index (χ0n) is 10.2. The molecule has 0 atom stereocenters. The molecule has 1 aromatic heterocycles. The van der Waals surface area contributed by atoms with Gasteiger partial charge in [-0.2, -0.15) is 4.98 Å². The highest BCUT2D eigenvalue weighted by molar-refractivity contribution is 5.68. The zero-order valence-corrected chi connectivity index (χ0v) is 10.2. The Bertz CT molecular complexity index is 419. The Morgan fingerprint density at radius 2 is 2.11 bits per heavy atom. The lowest BCUT2D eigenvalue weighted by molar-refractivity contribution is 0.105. The van der Waals surface area contributed by atoms with Crippen molar-refractivity contribution in [1.29, 1.82) is 0 Å². The quantitative estimate of drug-likeness (QED) is 0.773. The van der Waals surface area contributed by atoms with Gasteiger partial charge in [0.1, 0.15) is 6.33 Å². The van der Waals surface area contributed by atoms with Crippen molar-refractivity contribution in [2.75, 3.05) is 43.4 Å². The van der Waals surface area contributed by atoms with Crippen LogP contribution in [-0.2, 0) is 4.74 Å². The van der Waals surface area contributed by atoms with Crippen molar-refractivity contribution in [1.82, 2.24) is 19.9 Å². The van der Waals surface area contributed by atoms with Crippen LogP contribution in [0.15, 0.2) is 6.33 Å². The smallest absolute Gasteiger partial charge is 0.409 e. The van der Waals surface area contributed by atoms with E-state index in [9.17, 15) is 4.79 Å². The summed E-state index contributed by atoms with van der Waals surface area (Å²) in [7, 11) is 0. The fourth-order valence-corrected chi connectivity index (χ4v) is 1.76. The largest absolute Gasteiger partial charge is 0.450 e. The van der Waals surface area contributed by atoms with Crippen molar-refractivity contribution in [3.05, 3.63) is 6.33 Å². The number of amides is 1. The lowest BCUT2D eigenvalue weighted by Gasteiger charge is -2.33. The van der Waals surface area contributed by atoms with E-state index >= 15 is 0 Å². The number of piperazine rings is 1. The van der Waals surface area contributed by atoms with E-state index in [1.54, 1.807) is 11.8 Å². The topological polar surface area (TPSA) is 97.5 Å². The van der Waals surface area contributed by atoms with Gasteiger partial charge in [0, 0.05) is 26.2 Å². The molecule has 0 saturated carbocycles. The van der Waals surface area contributed by atoms with E-state index in [2.05, 4.69) is 15.0 Å². The van der Waals surface area contributed by atoms with Crippen LogP contribution in [0.3, 0.4) is 0 Å². The summed E-state index contributed by atoms with van der Waals surface area (Å²) >= 11 is 0. The van der Waals surface area contributed by atoms with Crippen LogP contribution in [-0.4, -0.2) is 58.7 Å². The Hall–Kier alpha value is -2.12. The summed E-state index contributed by atoms with van der Waals surface area (Å²) in [5.74, 6) is 0.749. The molecule has 18 heavy (non-hydrogen) atoms. The second-order valence-corrected chi connectivity index (χ2v) is 3.82. The summed E-state index contributed by atoms with van der Waals surface area (Å²) in [5.41, 5.74) is 5.51. The Balaban J connectivity index is 1.92. The SMILES string of the molecule is CCOC(=O)N1CCN(c2ncnc(N)n2)CC1. The lowest BCUT2D eigenvalue weighted by Crippen LogP contribution is -2.49. The highest BCUT2D eigenvalue weighted by atomic mass is 16.6. The monoisotopic (exact) mass is 252 g/mol. The summed E-state index contributed by atoms with van der Waals surface area (Å²) < 4.78 is 4.95. The molecule has 0 aromatic carbocycles. The van der Waals surface area contributed by atoms with Gasteiger partial charge in [-0.25, -0.2) is 14.8 Å². The van der Waals surface area contributed by atoms with Crippen LogP contribution in [0.25, 0.3) is 0 Å². The summed E-state index contributed by atoms with van der Waals surface area (Å²) in [4.78, 5) is 27.0.